The molecule has 3 aromatic rings. The summed E-state index contributed by atoms with van der Waals surface area (Å²) in [5.74, 6) is -0.733. The zero-order valence-corrected chi connectivity index (χ0v) is 27.8. The molecule has 6 N–H and O–H groups in total. The minimum absolute atomic E-state index is 0.140. The van der Waals surface area contributed by atoms with Crippen molar-refractivity contribution < 1.29 is 29.0 Å². The Morgan fingerprint density at radius 2 is 1.54 bits per heavy atom. The van der Waals surface area contributed by atoms with Crippen LogP contribution in [0.5, 0.6) is 5.75 Å². The Labute approximate surface area is 281 Å². The SMILES string of the molecule is C[C@H](CO)N1C[C@H](C)[C@@H](CN(C)C(=O)Nc2ccccc2)Oc2c(NC(=O)CCCCCC(=O)Nc3ccccc3N)cccc2C1=O. The molecule has 0 unspecified atom stereocenters. The molecule has 0 saturated carbocycles. The average Bonchev–Trinajstić information content (AvgIpc) is 3.07. The van der Waals surface area contributed by atoms with E-state index in [2.05, 4.69) is 16.0 Å². The molecule has 1 heterocycles. The quantitative estimate of drug-likeness (QED) is 0.125. The Hall–Kier alpha value is -5.10. The average molecular weight is 659 g/mol. The Bertz CT molecular complexity index is 1570. The van der Waals surface area contributed by atoms with Gasteiger partial charge < -0.3 is 41.3 Å². The zero-order valence-electron chi connectivity index (χ0n) is 27.8. The first-order chi connectivity index (χ1) is 23.1. The van der Waals surface area contributed by atoms with Gasteiger partial charge in [-0.3, -0.25) is 14.4 Å². The van der Waals surface area contributed by atoms with E-state index in [1.165, 1.54) is 4.90 Å². The number of carbonyl (C=O) groups is 4. The molecule has 0 radical (unpaired) electrons. The maximum Gasteiger partial charge on any atom is 0.321 e. The summed E-state index contributed by atoms with van der Waals surface area (Å²) in [7, 11) is 1.67. The Morgan fingerprint density at radius 1 is 0.917 bits per heavy atom. The number of aliphatic hydroxyl groups excluding tert-OH is 1. The highest BCUT2D eigenvalue weighted by Crippen LogP contribution is 2.35. The van der Waals surface area contributed by atoms with Gasteiger partial charge in [0.15, 0.2) is 5.75 Å². The summed E-state index contributed by atoms with van der Waals surface area (Å²) in [5.41, 5.74) is 8.23. The molecule has 0 aliphatic carbocycles. The Kier molecular flexibility index (Phi) is 12.8. The number of nitrogens with two attached hydrogens (primary N) is 1. The lowest BCUT2D eigenvalue weighted by molar-refractivity contribution is -0.116. The van der Waals surface area contributed by atoms with Crippen LogP contribution in [0.3, 0.4) is 0 Å². The number of rotatable bonds is 13. The van der Waals surface area contributed by atoms with Crippen molar-refractivity contribution in [1.82, 2.24) is 9.80 Å². The van der Waals surface area contributed by atoms with Gasteiger partial charge in [-0.15, -0.1) is 0 Å². The number of anilines is 4. The second-order valence-corrected chi connectivity index (χ2v) is 12.2. The van der Waals surface area contributed by atoms with Crippen molar-refractivity contribution in [2.75, 3.05) is 48.4 Å². The molecule has 48 heavy (non-hydrogen) atoms. The maximum atomic E-state index is 13.8. The monoisotopic (exact) mass is 658 g/mol. The number of unbranched alkanes of at least 4 members (excludes halogenated alkanes) is 2. The van der Waals surface area contributed by atoms with E-state index in [1.807, 2.05) is 25.1 Å². The molecule has 12 heteroatoms. The summed E-state index contributed by atoms with van der Waals surface area (Å²) in [5, 5.41) is 18.5. The van der Waals surface area contributed by atoms with E-state index in [9.17, 15) is 24.3 Å². The van der Waals surface area contributed by atoms with Crippen LogP contribution in [0.25, 0.3) is 0 Å². The smallest absolute Gasteiger partial charge is 0.321 e. The number of aliphatic hydroxyl groups is 1. The fourth-order valence-electron chi connectivity index (χ4n) is 5.44. The van der Waals surface area contributed by atoms with E-state index >= 15 is 0 Å². The van der Waals surface area contributed by atoms with Gasteiger partial charge in [-0.05, 0) is 56.2 Å². The number of urea groups is 1. The largest absolute Gasteiger partial charge is 0.485 e. The highest BCUT2D eigenvalue weighted by Gasteiger charge is 2.35. The number of carbonyl (C=O) groups excluding carboxylic acids is 4. The second kappa shape index (κ2) is 17.2. The van der Waals surface area contributed by atoms with Crippen molar-refractivity contribution in [3.63, 3.8) is 0 Å². The summed E-state index contributed by atoms with van der Waals surface area (Å²) in [6, 6.07) is 20.4. The van der Waals surface area contributed by atoms with Crippen molar-refractivity contribution in [3.05, 3.63) is 78.4 Å². The van der Waals surface area contributed by atoms with E-state index < -0.39 is 12.1 Å². The van der Waals surface area contributed by atoms with Crippen LogP contribution in [0.1, 0.15) is 56.3 Å². The molecule has 256 valence electrons. The van der Waals surface area contributed by atoms with E-state index in [-0.39, 0.29) is 60.6 Å². The number of likely N-dealkylation sites (N-methyl/N-ethyl adjacent to an activating group) is 1. The summed E-state index contributed by atoms with van der Waals surface area (Å²) < 4.78 is 6.51. The van der Waals surface area contributed by atoms with Gasteiger partial charge in [0.1, 0.15) is 6.10 Å². The maximum absolute atomic E-state index is 13.8. The molecule has 3 aromatic carbocycles. The van der Waals surface area contributed by atoms with Crippen LogP contribution >= 0.6 is 0 Å². The molecule has 3 atom stereocenters. The molecule has 1 aliphatic rings. The van der Waals surface area contributed by atoms with Gasteiger partial charge in [-0.2, -0.15) is 0 Å². The molecule has 0 bridgehead atoms. The normalized spacial score (nSPS) is 16.4. The van der Waals surface area contributed by atoms with E-state index in [1.54, 1.807) is 73.5 Å². The predicted octanol–water partition coefficient (Wildman–Crippen LogP) is 5.18. The minimum atomic E-state index is -0.549. The molecule has 12 nitrogen and oxygen atoms in total. The lowest BCUT2D eigenvalue weighted by Crippen LogP contribution is -2.50. The standard InChI is InChI=1S/C36H46N6O6/c1-24-21-42(25(2)23-43)35(46)27-15-12-18-30(34(27)48-31(24)22-41(3)36(47)38-26-13-6-4-7-14-26)40-33(45)20-9-5-8-19-32(44)39-29-17-11-10-16-28(29)37/h4,6-7,10-18,24-25,31,43H,5,8-9,19-23,37H2,1-3H3,(H,38,47)(H,39,44)(H,40,45)/t24-,25+,31+/m0/s1. The van der Waals surface area contributed by atoms with E-state index in [4.69, 9.17) is 10.5 Å². The van der Waals surface area contributed by atoms with Crippen LogP contribution < -0.4 is 26.4 Å². The van der Waals surface area contributed by atoms with Crippen LogP contribution in [0, 0.1) is 5.92 Å². The van der Waals surface area contributed by atoms with E-state index in [0.717, 1.165) is 0 Å². The van der Waals surface area contributed by atoms with Crippen molar-refractivity contribution in [2.24, 2.45) is 5.92 Å². The summed E-state index contributed by atoms with van der Waals surface area (Å²) in [6.07, 6.45) is 1.79. The number of nitrogen functional groups attached to an aromatic ring is 1. The lowest BCUT2D eigenvalue weighted by Gasteiger charge is -2.38. The van der Waals surface area contributed by atoms with Gasteiger partial charge in [-0.25, -0.2) is 4.79 Å². The third-order valence-electron chi connectivity index (χ3n) is 8.33. The summed E-state index contributed by atoms with van der Waals surface area (Å²) in [4.78, 5) is 55.3. The van der Waals surface area contributed by atoms with Gasteiger partial charge in [0.05, 0.1) is 41.8 Å². The zero-order chi connectivity index (χ0) is 34.6. The molecule has 0 aromatic heterocycles. The molecule has 4 rings (SSSR count). The number of para-hydroxylation sites is 4. The van der Waals surface area contributed by atoms with Gasteiger partial charge in [0.25, 0.3) is 5.91 Å². The number of hydrogen-bond donors (Lipinski definition) is 5. The summed E-state index contributed by atoms with van der Waals surface area (Å²) >= 11 is 0. The minimum Gasteiger partial charge on any atom is -0.485 e. The molecule has 1 aliphatic heterocycles. The third-order valence-corrected chi connectivity index (χ3v) is 8.33. The van der Waals surface area contributed by atoms with Crippen molar-refractivity contribution in [1.29, 1.82) is 0 Å². The van der Waals surface area contributed by atoms with Gasteiger partial charge >= 0.3 is 6.03 Å². The Morgan fingerprint density at radius 3 is 2.21 bits per heavy atom. The first-order valence-electron chi connectivity index (χ1n) is 16.3. The molecule has 0 saturated heterocycles. The second-order valence-electron chi connectivity index (χ2n) is 12.2. The molecule has 5 amide bonds. The van der Waals surface area contributed by atoms with Crippen molar-refractivity contribution >= 4 is 46.5 Å². The number of benzene rings is 3. The van der Waals surface area contributed by atoms with Crippen molar-refractivity contribution in [3.8, 4) is 5.75 Å². The first-order valence-corrected chi connectivity index (χ1v) is 16.3. The fourth-order valence-corrected chi connectivity index (χ4v) is 5.44. The Balaban J connectivity index is 1.42. The van der Waals surface area contributed by atoms with Crippen LogP contribution in [-0.4, -0.2) is 77.5 Å². The highest BCUT2D eigenvalue weighted by atomic mass is 16.5. The van der Waals surface area contributed by atoms with Gasteiger partial charge in [0.2, 0.25) is 11.8 Å². The number of ether oxygens (including phenoxy) is 1. The molecular formula is C36H46N6O6. The number of nitrogens with one attached hydrogen (secondary N) is 3. The number of amides is 5. The van der Waals surface area contributed by atoms with Crippen LogP contribution in [0.15, 0.2) is 72.8 Å². The topological polar surface area (TPSA) is 166 Å². The van der Waals surface area contributed by atoms with Crippen LogP contribution in [-0.2, 0) is 9.59 Å². The lowest BCUT2D eigenvalue weighted by atomic mass is 9.99. The van der Waals surface area contributed by atoms with Gasteiger partial charge in [0, 0.05) is 38.0 Å². The third kappa shape index (κ3) is 9.71. The molecule has 0 fully saturated rings. The highest BCUT2D eigenvalue weighted by molar-refractivity contribution is 6.01. The van der Waals surface area contributed by atoms with Crippen LogP contribution in [0.4, 0.5) is 27.5 Å². The predicted molar refractivity (Wildman–Crippen MR) is 187 cm³/mol. The first kappa shape index (κ1) is 35.7. The number of hydrogen-bond acceptors (Lipinski definition) is 7. The van der Waals surface area contributed by atoms with Gasteiger partial charge in [-0.1, -0.05) is 49.7 Å². The summed E-state index contributed by atoms with van der Waals surface area (Å²) in [6.45, 7) is 3.97. The van der Waals surface area contributed by atoms with Crippen LogP contribution in [0.2, 0.25) is 0 Å². The number of nitrogens with zero attached hydrogens (tertiary/aromatic N) is 2. The number of fused-ring (bicyclic) bond motifs is 1. The van der Waals surface area contributed by atoms with E-state index in [0.29, 0.717) is 55.0 Å². The molecule has 0 spiro atoms. The molecular weight excluding hydrogens is 612 g/mol. The fraction of sp³-hybridized carbons (Fsp3) is 0.389. The van der Waals surface area contributed by atoms with Crippen molar-refractivity contribution in [2.45, 2.75) is 58.1 Å².